The lowest BCUT2D eigenvalue weighted by Crippen LogP contribution is -2.30. The van der Waals surface area contributed by atoms with Gasteiger partial charge in [0.25, 0.3) is 0 Å². The first-order chi connectivity index (χ1) is 9.19. The molecule has 1 fully saturated rings. The van der Waals surface area contributed by atoms with Gasteiger partial charge in [0.15, 0.2) is 5.75 Å². The molecule has 1 aromatic heterocycles. The molecular formula is C15H27N3O. The highest BCUT2D eigenvalue weighted by atomic mass is 16.5. The predicted molar refractivity (Wildman–Crippen MR) is 77.5 cm³/mol. The van der Waals surface area contributed by atoms with Crippen molar-refractivity contribution in [3.05, 3.63) is 11.9 Å². The largest absolute Gasteiger partial charge is 0.493 e. The summed E-state index contributed by atoms with van der Waals surface area (Å²) in [6, 6.07) is 0.730. The Kier molecular flexibility index (Phi) is 4.86. The monoisotopic (exact) mass is 265 g/mol. The molecule has 1 heterocycles. The Morgan fingerprint density at radius 2 is 2.11 bits per heavy atom. The fourth-order valence-electron chi connectivity index (χ4n) is 3.22. The third-order valence-electron chi connectivity index (χ3n) is 4.10. The first-order valence-corrected chi connectivity index (χ1v) is 7.53. The van der Waals surface area contributed by atoms with Crippen LogP contribution in [0.2, 0.25) is 0 Å². The average Bonchev–Trinajstić information content (AvgIpc) is 3.04. The summed E-state index contributed by atoms with van der Waals surface area (Å²) in [5, 5.41) is 8.17. The van der Waals surface area contributed by atoms with Crippen LogP contribution in [0.15, 0.2) is 6.20 Å². The summed E-state index contributed by atoms with van der Waals surface area (Å²) in [5.74, 6) is 1.63. The van der Waals surface area contributed by atoms with Crippen molar-refractivity contribution in [3.8, 4) is 5.75 Å². The zero-order valence-electron chi connectivity index (χ0n) is 12.6. The molecule has 1 saturated carbocycles. The van der Waals surface area contributed by atoms with E-state index in [9.17, 15) is 0 Å². The van der Waals surface area contributed by atoms with Crippen LogP contribution in [0, 0.1) is 5.92 Å². The number of hydrogen-bond acceptors (Lipinski definition) is 3. The summed E-state index contributed by atoms with van der Waals surface area (Å²) in [6.07, 6.45) is 7.18. The number of aromatic nitrogens is 2. The minimum absolute atomic E-state index is 0.362. The SMILES string of the molecule is CCNC(c1c(OC)cnn1C(C)C)C1CCCC1. The number of ether oxygens (including phenoxy) is 1. The molecule has 108 valence electrons. The predicted octanol–water partition coefficient (Wildman–Crippen LogP) is 3.31. The maximum atomic E-state index is 5.54. The topological polar surface area (TPSA) is 39.1 Å². The van der Waals surface area contributed by atoms with Crippen LogP contribution in [-0.4, -0.2) is 23.4 Å². The Labute approximate surface area is 116 Å². The second kappa shape index (κ2) is 6.42. The van der Waals surface area contributed by atoms with E-state index in [4.69, 9.17) is 4.74 Å². The minimum Gasteiger partial charge on any atom is -0.493 e. The van der Waals surface area contributed by atoms with Gasteiger partial charge in [-0.25, -0.2) is 0 Å². The van der Waals surface area contributed by atoms with Crippen molar-refractivity contribution in [3.63, 3.8) is 0 Å². The lowest BCUT2D eigenvalue weighted by Gasteiger charge is -2.27. The molecule has 1 aromatic rings. The summed E-state index contributed by atoms with van der Waals surface area (Å²) < 4.78 is 7.66. The second-order valence-electron chi connectivity index (χ2n) is 5.72. The molecule has 4 nitrogen and oxygen atoms in total. The number of methoxy groups -OCH3 is 1. The van der Waals surface area contributed by atoms with Gasteiger partial charge in [0.05, 0.1) is 25.0 Å². The molecular weight excluding hydrogens is 238 g/mol. The molecule has 1 aliphatic rings. The molecule has 0 bridgehead atoms. The van der Waals surface area contributed by atoms with Crippen molar-refractivity contribution in [2.45, 2.75) is 58.5 Å². The van der Waals surface area contributed by atoms with E-state index in [-0.39, 0.29) is 0 Å². The van der Waals surface area contributed by atoms with Crippen LogP contribution < -0.4 is 10.1 Å². The molecule has 4 heteroatoms. The van der Waals surface area contributed by atoms with Crippen molar-refractivity contribution >= 4 is 0 Å². The Morgan fingerprint density at radius 3 is 2.63 bits per heavy atom. The van der Waals surface area contributed by atoms with Gasteiger partial charge in [0.2, 0.25) is 0 Å². The van der Waals surface area contributed by atoms with Gasteiger partial charge in [-0.3, -0.25) is 4.68 Å². The van der Waals surface area contributed by atoms with Gasteiger partial charge < -0.3 is 10.1 Å². The Balaban J connectivity index is 2.35. The second-order valence-corrected chi connectivity index (χ2v) is 5.72. The van der Waals surface area contributed by atoms with Gasteiger partial charge in [-0.05, 0) is 39.2 Å². The maximum Gasteiger partial charge on any atom is 0.161 e. The molecule has 0 spiro atoms. The molecule has 0 radical (unpaired) electrons. The van der Waals surface area contributed by atoms with Gasteiger partial charge in [0.1, 0.15) is 0 Å². The van der Waals surface area contributed by atoms with Crippen LogP contribution in [0.3, 0.4) is 0 Å². The molecule has 1 unspecified atom stereocenters. The van der Waals surface area contributed by atoms with Gasteiger partial charge in [-0.15, -0.1) is 0 Å². The summed E-state index contributed by atoms with van der Waals surface area (Å²) in [5.41, 5.74) is 1.23. The third-order valence-corrected chi connectivity index (χ3v) is 4.10. The lowest BCUT2D eigenvalue weighted by atomic mass is 9.94. The van der Waals surface area contributed by atoms with Crippen LogP contribution >= 0.6 is 0 Å². The molecule has 1 atom stereocenters. The Morgan fingerprint density at radius 1 is 1.42 bits per heavy atom. The van der Waals surface area contributed by atoms with E-state index in [2.05, 4.69) is 35.9 Å². The van der Waals surface area contributed by atoms with Crippen molar-refractivity contribution < 1.29 is 4.74 Å². The van der Waals surface area contributed by atoms with E-state index in [0.29, 0.717) is 18.0 Å². The molecule has 19 heavy (non-hydrogen) atoms. The normalized spacial score (nSPS) is 18.2. The van der Waals surface area contributed by atoms with Crippen LogP contribution in [0.4, 0.5) is 0 Å². The van der Waals surface area contributed by atoms with E-state index >= 15 is 0 Å². The molecule has 0 saturated heterocycles. The van der Waals surface area contributed by atoms with Gasteiger partial charge in [0, 0.05) is 6.04 Å². The Bertz CT molecular complexity index is 394. The fourth-order valence-corrected chi connectivity index (χ4v) is 3.22. The van der Waals surface area contributed by atoms with Crippen LogP contribution in [0.25, 0.3) is 0 Å². The summed E-state index contributed by atoms with van der Waals surface area (Å²) in [7, 11) is 1.74. The molecule has 0 aromatic carbocycles. The van der Waals surface area contributed by atoms with Crippen molar-refractivity contribution in [1.82, 2.24) is 15.1 Å². The average molecular weight is 265 g/mol. The van der Waals surface area contributed by atoms with Gasteiger partial charge in [-0.1, -0.05) is 19.8 Å². The van der Waals surface area contributed by atoms with Crippen LogP contribution in [-0.2, 0) is 0 Å². The minimum atomic E-state index is 0.362. The van der Waals surface area contributed by atoms with E-state index in [0.717, 1.165) is 12.3 Å². The first kappa shape index (κ1) is 14.4. The summed E-state index contributed by atoms with van der Waals surface area (Å²) >= 11 is 0. The summed E-state index contributed by atoms with van der Waals surface area (Å²) in [4.78, 5) is 0. The van der Waals surface area contributed by atoms with E-state index < -0.39 is 0 Å². The molecule has 1 aliphatic carbocycles. The smallest absolute Gasteiger partial charge is 0.161 e. The van der Waals surface area contributed by atoms with Gasteiger partial charge in [-0.2, -0.15) is 5.10 Å². The number of nitrogens with one attached hydrogen (secondary N) is 1. The maximum absolute atomic E-state index is 5.54. The zero-order chi connectivity index (χ0) is 13.8. The van der Waals surface area contributed by atoms with Crippen molar-refractivity contribution in [2.75, 3.05) is 13.7 Å². The summed E-state index contributed by atoms with van der Waals surface area (Å²) in [6.45, 7) is 7.50. The number of hydrogen-bond donors (Lipinski definition) is 1. The number of nitrogens with zero attached hydrogens (tertiary/aromatic N) is 2. The molecule has 1 N–H and O–H groups in total. The Hall–Kier alpha value is -1.03. The third kappa shape index (κ3) is 2.94. The number of rotatable bonds is 6. The van der Waals surface area contributed by atoms with E-state index in [1.165, 1.54) is 31.4 Å². The zero-order valence-corrected chi connectivity index (χ0v) is 12.6. The van der Waals surface area contributed by atoms with E-state index in [1.54, 1.807) is 7.11 Å². The lowest BCUT2D eigenvalue weighted by molar-refractivity contribution is 0.323. The molecule has 0 amide bonds. The van der Waals surface area contributed by atoms with E-state index in [1.807, 2.05) is 6.20 Å². The quantitative estimate of drug-likeness (QED) is 0.857. The highest BCUT2D eigenvalue weighted by Gasteiger charge is 2.31. The van der Waals surface area contributed by atoms with Crippen molar-refractivity contribution in [2.24, 2.45) is 5.92 Å². The van der Waals surface area contributed by atoms with Crippen LogP contribution in [0.1, 0.15) is 64.2 Å². The fraction of sp³-hybridized carbons (Fsp3) is 0.800. The van der Waals surface area contributed by atoms with Crippen LogP contribution in [0.5, 0.6) is 5.75 Å². The molecule has 2 rings (SSSR count). The van der Waals surface area contributed by atoms with Gasteiger partial charge >= 0.3 is 0 Å². The molecule has 0 aliphatic heterocycles. The van der Waals surface area contributed by atoms with Crippen molar-refractivity contribution in [1.29, 1.82) is 0 Å². The highest BCUT2D eigenvalue weighted by molar-refractivity contribution is 5.29. The first-order valence-electron chi connectivity index (χ1n) is 7.53. The highest BCUT2D eigenvalue weighted by Crippen LogP contribution is 2.39. The standard InChI is InChI=1S/C15H27N3O/c1-5-16-14(12-8-6-7-9-12)15-13(19-4)10-17-18(15)11(2)3/h10-12,14,16H,5-9H2,1-4H3.